The maximum absolute atomic E-state index is 11.1. The number of rotatable bonds is 2. The molecule has 1 aromatic carbocycles. The molecule has 2 rings (SSSR count). The van der Waals surface area contributed by atoms with Gasteiger partial charge in [-0.05, 0) is 31.4 Å². The molecule has 134 valence electrons. The number of piperidine rings is 1. The van der Waals surface area contributed by atoms with E-state index in [1.165, 1.54) is 6.42 Å². The fourth-order valence-corrected chi connectivity index (χ4v) is 2.13. The van der Waals surface area contributed by atoms with Crippen LogP contribution in [0.15, 0.2) is 18.2 Å². The second kappa shape index (κ2) is 11.4. The molecule has 2 amide bonds. The van der Waals surface area contributed by atoms with E-state index in [-0.39, 0.29) is 23.5 Å². The highest BCUT2D eigenvalue weighted by Crippen LogP contribution is 2.17. The normalized spacial score (nSPS) is 16.1. The van der Waals surface area contributed by atoms with Crippen molar-refractivity contribution in [3.63, 3.8) is 0 Å². The summed E-state index contributed by atoms with van der Waals surface area (Å²) in [7, 11) is 0. The molecular weight excluding hydrogens is 304 g/mol. The van der Waals surface area contributed by atoms with Gasteiger partial charge in [-0.1, -0.05) is 46.2 Å². The number of amides is 2. The molecule has 1 aromatic rings. The van der Waals surface area contributed by atoms with Crippen LogP contribution in [0.5, 0.6) is 0 Å². The standard InChI is InChI=1S/C10H13NO.C6H9NO2.C3H8/c1-3-8-9(7(2)12)5-4-6-10(8)11;1-4-2-3-5(8)7-6(4)9;1-3-2/h4-6H,3,11H2,1-2H3;4H,2-3H2,1H3,(H,7,8,9);3H2,1-2H3. The second-order valence-electron chi connectivity index (χ2n) is 5.84. The summed E-state index contributed by atoms with van der Waals surface area (Å²) >= 11 is 0. The molecule has 0 bridgehead atoms. The van der Waals surface area contributed by atoms with Crippen LogP contribution in [0.2, 0.25) is 0 Å². The minimum absolute atomic E-state index is 0.0164. The van der Waals surface area contributed by atoms with Crippen molar-refractivity contribution in [3.8, 4) is 0 Å². The first kappa shape index (κ1) is 21.8. The fraction of sp³-hybridized carbons (Fsp3) is 0.526. The number of carbonyl (C=O) groups excluding carboxylic acids is 3. The third kappa shape index (κ3) is 7.40. The first-order chi connectivity index (χ1) is 11.3. The van der Waals surface area contributed by atoms with Crippen molar-refractivity contribution in [2.24, 2.45) is 5.92 Å². The Morgan fingerprint density at radius 2 is 1.83 bits per heavy atom. The third-order valence-electron chi connectivity index (χ3n) is 3.46. The Bertz CT molecular complexity index is 568. The summed E-state index contributed by atoms with van der Waals surface area (Å²) in [6.07, 6.45) is 3.25. The van der Waals surface area contributed by atoms with E-state index in [0.717, 1.165) is 17.5 Å². The molecular formula is C19H30N2O3. The Labute approximate surface area is 145 Å². The van der Waals surface area contributed by atoms with Gasteiger partial charge >= 0.3 is 0 Å². The molecule has 1 aliphatic rings. The summed E-state index contributed by atoms with van der Waals surface area (Å²) < 4.78 is 0. The molecule has 1 heterocycles. The molecule has 1 fully saturated rings. The number of ketones is 1. The van der Waals surface area contributed by atoms with Gasteiger partial charge in [0.25, 0.3) is 0 Å². The topological polar surface area (TPSA) is 89.3 Å². The number of benzene rings is 1. The number of nitrogens with one attached hydrogen (secondary N) is 1. The van der Waals surface area contributed by atoms with Crippen molar-refractivity contribution in [2.75, 3.05) is 5.73 Å². The summed E-state index contributed by atoms with van der Waals surface area (Å²) in [4.78, 5) is 32.3. The van der Waals surface area contributed by atoms with Gasteiger partial charge < -0.3 is 5.73 Å². The van der Waals surface area contributed by atoms with E-state index in [0.29, 0.717) is 18.5 Å². The van der Waals surface area contributed by atoms with Crippen LogP contribution < -0.4 is 11.1 Å². The predicted octanol–water partition coefficient (Wildman–Crippen LogP) is 3.51. The second-order valence-corrected chi connectivity index (χ2v) is 5.84. The molecule has 5 heteroatoms. The van der Waals surface area contributed by atoms with Gasteiger partial charge in [0.05, 0.1) is 0 Å². The molecule has 3 N–H and O–H groups in total. The van der Waals surface area contributed by atoms with E-state index in [9.17, 15) is 14.4 Å². The lowest BCUT2D eigenvalue weighted by molar-refractivity contribution is -0.135. The molecule has 1 aliphatic heterocycles. The summed E-state index contributed by atoms with van der Waals surface area (Å²) in [5.74, 6) is -0.175. The summed E-state index contributed by atoms with van der Waals surface area (Å²) in [6, 6.07) is 5.45. The lowest BCUT2D eigenvalue weighted by Gasteiger charge is -2.15. The minimum Gasteiger partial charge on any atom is -0.398 e. The average Bonchev–Trinajstić information content (AvgIpc) is 2.52. The molecule has 5 nitrogen and oxygen atoms in total. The van der Waals surface area contributed by atoms with E-state index < -0.39 is 0 Å². The van der Waals surface area contributed by atoms with Crippen LogP contribution in [-0.2, 0) is 16.0 Å². The summed E-state index contributed by atoms with van der Waals surface area (Å²) in [5, 5.41) is 2.25. The number of anilines is 1. The smallest absolute Gasteiger partial charge is 0.229 e. The van der Waals surface area contributed by atoms with Crippen molar-refractivity contribution in [2.45, 2.75) is 60.3 Å². The highest BCUT2D eigenvalue weighted by Gasteiger charge is 2.21. The van der Waals surface area contributed by atoms with Gasteiger partial charge in [0.2, 0.25) is 11.8 Å². The first-order valence-corrected chi connectivity index (χ1v) is 8.50. The van der Waals surface area contributed by atoms with E-state index in [2.05, 4.69) is 19.2 Å². The maximum atomic E-state index is 11.1. The van der Waals surface area contributed by atoms with Gasteiger partial charge in [-0.25, -0.2) is 0 Å². The van der Waals surface area contributed by atoms with E-state index in [1.54, 1.807) is 6.92 Å². The Hall–Kier alpha value is -2.17. The largest absolute Gasteiger partial charge is 0.398 e. The van der Waals surface area contributed by atoms with Gasteiger partial charge in [0.15, 0.2) is 5.78 Å². The van der Waals surface area contributed by atoms with Crippen molar-refractivity contribution in [3.05, 3.63) is 29.3 Å². The van der Waals surface area contributed by atoms with Crippen LogP contribution >= 0.6 is 0 Å². The van der Waals surface area contributed by atoms with Crippen molar-refractivity contribution in [1.82, 2.24) is 5.32 Å². The van der Waals surface area contributed by atoms with Crippen LogP contribution in [0.25, 0.3) is 0 Å². The molecule has 0 aromatic heterocycles. The quantitative estimate of drug-likeness (QED) is 0.492. The molecule has 1 saturated heterocycles. The lowest BCUT2D eigenvalue weighted by Crippen LogP contribution is -2.39. The number of imide groups is 1. The maximum Gasteiger partial charge on any atom is 0.229 e. The zero-order valence-electron chi connectivity index (χ0n) is 15.4. The zero-order valence-corrected chi connectivity index (χ0v) is 15.4. The van der Waals surface area contributed by atoms with Gasteiger partial charge in [0, 0.05) is 23.6 Å². The highest BCUT2D eigenvalue weighted by molar-refractivity contribution is 5.98. The van der Waals surface area contributed by atoms with Crippen molar-refractivity contribution in [1.29, 1.82) is 0 Å². The van der Waals surface area contributed by atoms with Crippen LogP contribution in [0.1, 0.15) is 69.8 Å². The number of Topliss-reactive ketones (excluding diaryl/α,β-unsaturated/α-hetero) is 1. The minimum atomic E-state index is -0.141. The van der Waals surface area contributed by atoms with E-state index in [1.807, 2.05) is 32.0 Å². The summed E-state index contributed by atoms with van der Waals surface area (Å²) in [5.41, 5.74) is 8.14. The lowest BCUT2D eigenvalue weighted by atomic mass is 10.0. The van der Waals surface area contributed by atoms with Gasteiger partial charge in [-0.2, -0.15) is 0 Å². The van der Waals surface area contributed by atoms with Crippen LogP contribution in [-0.4, -0.2) is 17.6 Å². The molecule has 1 unspecified atom stereocenters. The van der Waals surface area contributed by atoms with Gasteiger partial charge in [-0.15, -0.1) is 0 Å². The van der Waals surface area contributed by atoms with Crippen molar-refractivity contribution < 1.29 is 14.4 Å². The number of hydrogen-bond donors (Lipinski definition) is 2. The number of hydrogen-bond acceptors (Lipinski definition) is 4. The fourth-order valence-electron chi connectivity index (χ4n) is 2.13. The highest BCUT2D eigenvalue weighted by atomic mass is 16.2. The molecule has 0 saturated carbocycles. The molecule has 0 aliphatic carbocycles. The van der Waals surface area contributed by atoms with Crippen LogP contribution in [0, 0.1) is 5.92 Å². The van der Waals surface area contributed by atoms with E-state index >= 15 is 0 Å². The molecule has 24 heavy (non-hydrogen) atoms. The Morgan fingerprint density at radius 1 is 1.25 bits per heavy atom. The molecule has 0 spiro atoms. The van der Waals surface area contributed by atoms with Gasteiger partial charge in [0.1, 0.15) is 0 Å². The average molecular weight is 334 g/mol. The third-order valence-corrected chi connectivity index (χ3v) is 3.46. The molecule has 0 radical (unpaired) electrons. The van der Waals surface area contributed by atoms with E-state index in [4.69, 9.17) is 5.73 Å². The van der Waals surface area contributed by atoms with Crippen molar-refractivity contribution >= 4 is 23.3 Å². The Morgan fingerprint density at radius 3 is 2.21 bits per heavy atom. The first-order valence-electron chi connectivity index (χ1n) is 8.50. The monoisotopic (exact) mass is 334 g/mol. The number of nitrogen functional groups attached to an aromatic ring is 1. The molecule has 1 atom stereocenters. The number of nitrogens with two attached hydrogens (primary N) is 1. The van der Waals surface area contributed by atoms with Crippen LogP contribution in [0.3, 0.4) is 0 Å². The predicted molar refractivity (Wildman–Crippen MR) is 97.7 cm³/mol. The zero-order chi connectivity index (χ0) is 18.7. The Kier molecular flexibility index (Phi) is 10.3. The number of carbonyl (C=O) groups is 3. The van der Waals surface area contributed by atoms with Gasteiger partial charge in [-0.3, -0.25) is 19.7 Å². The summed E-state index contributed by atoms with van der Waals surface area (Å²) in [6.45, 7) is 9.63. The SMILES string of the molecule is CC1CCC(=O)NC1=O.CCC.CCc1c(N)cccc1C(C)=O. The van der Waals surface area contributed by atoms with Crippen LogP contribution in [0.4, 0.5) is 5.69 Å². The Balaban J connectivity index is 0.000000390.